The number of nitrogens with one attached hydrogen (secondary N) is 1. The molecule has 10 nitrogen and oxygen atoms in total. The molecule has 37 heavy (non-hydrogen) atoms. The fourth-order valence-corrected chi connectivity index (χ4v) is 3.78. The van der Waals surface area contributed by atoms with Crippen molar-refractivity contribution < 1.29 is 43.3 Å². The zero-order chi connectivity index (χ0) is 26.2. The van der Waals surface area contributed by atoms with Gasteiger partial charge in [0.25, 0.3) is 0 Å². The first-order chi connectivity index (χ1) is 18.0. The maximum absolute atomic E-state index is 13.0. The second kappa shape index (κ2) is 12.2. The van der Waals surface area contributed by atoms with E-state index >= 15 is 0 Å². The van der Waals surface area contributed by atoms with E-state index in [1.165, 1.54) is 31.4 Å². The highest BCUT2D eigenvalue weighted by atomic mass is 16.8. The number of methoxy groups -OCH3 is 1. The summed E-state index contributed by atoms with van der Waals surface area (Å²) in [7, 11) is 1.28. The highest BCUT2D eigenvalue weighted by molar-refractivity contribution is 5.91. The molecule has 0 aromatic heterocycles. The number of hydrogen-bond acceptors (Lipinski definition) is 10. The Morgan fingerprint density at radius 3 is 1.46 bits per heavy atom. The molecule has 1 aliphatic heterocycles. The van der Waals surface area contributed by atoms with Crippen LogP contribution in [0.2, 0.25) is 0 Å². The molecule has 1 unspecified atom stereocenters. The summed E-state index contributed by atoms with van der Waals surface area (Å²) in [5, 5.41) is 10.0. The second-order valence-electron chi connectivity index (χ2n) is 8.01. The molecule has 0 spiro atoms. The number of rotatable bonds is 8. The second-order valence-corrected chi connectivity index (χ2v) is 8.01. The summed E-state index contributed by atoms with van der Waals surface area (Å²) >= 11 is 0. The Kier molecular flexibility index (Phi) is 8.60. The van der Waals surface area contributed by atoms with E-state index < -0.39 is 48.7 Å². The number of hydrogen-bond donors (Lipinski definition) is 2. The van der Waals surface area contributed by atoms with Crippen molar-refractivity contribution in [1.82, 2.24) is 5.48 Å². The van der Waals surface area contributed by atoms with Gasteiger partial charge in [-0.25, -0.2) is 14.4 Å². The van der Waals surface area contributed by atoms with Crippen molar-refractivity contribution in [3.63, 3.8) is 0 Å². The van der Waals surface area contributed by atoms with Crippen molar-refractivity contribution in [2.75, 3.05) is 7.11 Å². The maximum Gasteiger partial charge on any atom is 0.340 e. The first-order valence-corrected chi connectivity index (χ1v) is 11.4. The molecular weight excluding hydrogens is 482 g/mol. The maximum atomic E-state index is 13.0. The summed E-state index contributed by atoms with van der Waals surface area (Å²) in [6.45, 7) is 0. The predicted molar refractivity (Wildman–Crippen MR) is 128 cm³/mol. The number of benzene rings is 3. The molecule has 1 heterocycles. The van der Waals surface area contributed by atoms with E-state index in [1.807, 2.05) is 5.48 Å². The summed E-state index contributed by atoms with van der Waals surface area (Å²) in [5.74, 6) is -2.27. The Morgan fingerprint density at radius 1 is 0.649 bits per heavy atom. The van der Waals surface area contributed by atoms with Crippen molar-refractivity contribution in [2.45, 2.75) is 30.8 Å². The molecule has 4 rings (SSSR count). The lowest BCUT2D eigenvalue weighted by Crippen LogP contribution is -2.65. The third-order valence-corrected chi connectivity index (χ3v) is 5.63. The van der Waals surface area contributed by atoms with Crippen LogP contribution in [0.5, 0.6) is 0 Å². The number of ether oxygens (including phenoxy) is 5. The zero-order valence-corrected chi connectivity index (χ0v) is 19.8. The van der Waals surface area contributed by atoms with Gasteiger partial charge in [0.2, 0.25) is 12.6 Å². The molecule has 3 aromatic carbocycles. The smallest absolute Gasteiger partial charge is 0.340 e. The van der Waals surface area contributed by atoms with Gasteiger partial charge < -0.3 is 28.9 Å². The van der Waals surface area contributed by atoms with Crippen LogP contribution in [0.25, 0.3) is 0 Å². The first kappa shape index (κ1) is 26.0. The normalized spacial score (nSPS) is 23.0. The molecule has 0 amide bonds. The summed E-state index contributed by atoms with van der Waals surface area (Å²) in [5.41, 5.74) is 2.65. The Labute approximate surface area is 212 Å². The molecule has 0 saturated carbocycles. The molecule has 0 aliphatic carbocycles. The summed E-state index contributed by atoms with van der Waals surface area (Å²) in [6.07, 6.45) is -5.54. The lowest BCUT2D eigenvalue weighted by molar-refractivity contribution is -0.316. The standard InChI is InChI=1S/C27H25NO9/c1-33-27-22(35-24(30)18-13-7-3-8-14-18)21(34-23(29)17-11-5-2-6-12-17)20(28-32)26(37-27)36-25(31)19-15-9-4-10-16-19/h2-16,20-22,26-28,32H,1H3/t20?,21-,22+,26-,27-/m0/s1. The fraction of sp³-hybridized carbons (Fsp3) is 0.222. The van der Waals surface area contributed by atoms with Gasteiger partial charge in [-0.1, -0.05) is 54.6 Å². The molecule has 1 saturated heterocycles. The van der Waals surface area contributed by atoms with Crippen LogP contribution in [0.3, 0.4) is 0 Å². The number of hydroxylamine groups is 1. The lowest BCUT2D eigenvalue weighted by atomic mass is 10.0. The third-order valence-electron chi connectivity index (χ3n) is 5.63. The molecule has 5 atom stereocenters. The van der Waals surface area contributed by atoms with Crippen LogP contribution in [-0.2, 0) is 23.7 Å². The van der Waals surface area contributed by atoms with Crippen molar-refractivity contribution in [3.05, 3.63) is 108 Å². The van der Waals surface area contributed by atoms with Gasteiger partial charge in [-0.05, 0) is 36.4 Å². The van der Waals surface area contributed by atoms with E-state index in [0.717, 1.165) is 0 Å². The molecule has 3 aromatic rings. The minimum atomic E-state index is -1.48. The van der Waals surface area contributed by atoms with Crippen molar-refractivity contribution >= 4 is 17.9 Å². The average molecular weight is 507 g/mol. The van der Waals surface area contributed by atoms with Gasteiger partial charge in [0.1, 0.15) is 6.04 Å². The molecule has 192 valence electrons. The fourth-order valence-electron chi connectivity index (χ4n) is 3.78. The van der Waals surface area contributed by atoms with E-state index in [-0.39, 0.29) is 16.7 Å². The van der Waals surface area contributed by atoms with Gasteiger partial charge in [-0.2, -0.15) is 5.48 Å². The highest BCUT2D eigenvalue weighted by Crippen LogP contribution is 2.29. The van der Waals surface area contributed by atoms with Crippen molar-refractivity contribution in [1.29, 1.82) is 0 Å². The van der Waals surface area contributed by atoms with E-state index in [1.54, 1.807) is 66.7 Å². The highest BCUT2D eigenvalue weighted by Gasteiger charge is 2.52. The monoisotopic (exact) mass is 507 g/mol. The van der Waals surface area contributed by atoms with Gasteiger partial charge in [-0.15, -0.1) is 0 Å². The van der Waals surface area contributed by atoms with Crippen LogP contribution in [0.15, 0.2) is 91.0 Å². The summed E-state index contributed by atoms with van der Waals surface area (Å²) in [4.78, 5) is 38.6. The van der Waals surface area contributed by atoms with Crippen molar-refractivity contribution in [2.24, 2.45) is 0 Å². The van der Waals surface area contributed by atoms with E-state index in [4.69, 9.17) is 23.7 Å². The Balaban J connectivity index is 1.64. The summed E-state index contributed by atoms with van der Waals surface area (Å²) in [6, 6.07) is 23.0. The molecule has 10 heteroatoms. The Hall–Kier alpha value is -4.09. The molecule has 1 aliphatic rings. The van der Waals surface area contributed by atoms with E-state index in [9.17, 15) is 19.6 Å². The molecular formula is C27H25NO9. The van der Waals surface area contributed by atoms with Gasteiger partial charge >= 0.3 is 17.9 Å². The molecule has 1 fully saturated rings. The van der Waals surface area contributed by atoms with Gasteiger partial charge in [0.05, 0.1) is 16.7 Å². The van der Waals surface area contributed by atoms with Crippen LogP contribution < -0.4 is 5.48 Å². The third kappa shape index (κ3) is 6.19. The first-order valence-electron chi connectivity index (χ1n) is 11.4. The molecule has 0 radical (unpaired) electrons. The number of carbonyl (C=O) groups is 3. The predicted octanol–water partition coefficient (Wildman–Crippen LogP) is 2.97. The zero-order valence-electron chi connectivity index (χ0n) is 19.8. The average Bonchev–Trinajstić information content (AvgIpc) is 2.95. The van der Waals surface area contributed by atoms with Gasteiger partial charge in [0, 0.05) is 7.11 Å². The SMILES string of the molecule is CO[C@H]1O[C@H](OC(=O)c2ccccc2)C(NO)[C@H](OC(=O)c2ccccc2)[C@H]1OC(=O)c1ccccc1. The van der Waals surface area contributed by atoms with Crippen molar-refractivity contribution in [3.8, 4) is 0 Å². The van der Waals surface area contributed by atoms with Gasteiger partial charge in [0.15, 0.2) is 12.2 Å². The van der Waals surface area contributed by atoms with Gasteiger partial charge in [-0.3, -0.25) is 0 Å². The largest absolute Gasteiger partial charge is 0.453 e. The topological polar surface area (TPSA) is 130 Å². The number of esters is 3. The molecule has 0 bridgehead atoms. The lowest BCUT2D eigenvalue weighted by Gasteiger charge is -2.43. The van der Waals surface area contributed by atoms with Crippen LogP contribution in [0.1, 0.15) is 31.1 Å². The Morgan fingerprint density at radius 2 is 1.05 bits per heavy atom. The number of carbonyl (C=O) groups excluding carboxylic acids is 3. The van der Waals surface area contributed by atoms with Crippen LogP contribution in [0.4, 0.5) is 0 Å². The Bertz CT molecular complexity index is 1190. The van der Waals surface area contributed by atoms with Crippen LogP contribution in [0, 0.1) is 0 Å². The quantitative estimate of drug-likeness (QED) is 0.267. The van der Waals surface area contributed by atoms with Crippen LogP contribution in [-0.4, -0.2) is 61.1 Å². The van der Waals surface area contributed by atoms with E-state index in [2.05, 4.69) is 0 Å². The van der Waals surface area contributed by atoms with E-state index in [0.29, 0.717) is 0 Å². The minimum Gasteiger partial charge on any atom is -0.453 e. The minimum absolute atomic E-state index is 0.214. The van der Waals surface area contributed by atoms with Crippen LogP contribution >= 0.6 is 0 Å². The molecule has 2 N–H and O–H groups in total. The summed E-state index contributed by atoms with van der Waals surface area (Å²) < 4.78 is 27.9.